The number of benzene rings is 2. The number of fused-ring (bicyclic) bond motifs is 1. The molecule has 4 rings (SSSR count). The number of anilines is 1. The molecule has 2 aliphatic rings. The van der Waals surface area contributed by atoms with E-state index in [0.717, 1.165) is 37.7 Å². The second kappa shape index (κ2) is 11.3. The van der Waals surface area contributed by atoms with Crippen molar-refractivity contribution in [2.75, 3.05) is 50.6 Å². The van der Waals surface area contributed by atoms with Crippen LogP contribution >= 0.6 is 11.8 Å². The molecule has 172 valence electrons. The lowest BCUT2D eigenvalue weighted by atomic mass is 10.0. The summed E-state index contributed by atoms with van der Waals surface area (Å²) in [5.74, 6) is 1.96. The van der Waals surface area contributed by atoms with E-state index < -0.39 is 0 Å². The van der Waals surface area contributed by atoms with Crippen molar-refractivity contribution in [2.45, 2.75) is 43.2 Å². The standard InChI is InChI=1S/C27H36N2O2S/c1-21(2)14-17-31-19-23(28-15-6-7-16-28)18-29-25-8-4-5-9-27(25)32-20-26(29)22-10-12-24(30-3)13-11-22/h4-5,8-13,23,26H,1,6-7,14-20H2,2-3H3. The Morgan fingerprint density at radius 3 is 2.59 bits per heavy atom. The molecule has 1 saturated heterocycles. The molecule has 2 aromatic carbocycles. The molecule has 0 bridgehead atoms. The first-order valence-electron chi connectivity index (χ1n) is 11.7. The van der Waals surface area contributed by atoms with Crippen LogP contribution in [0.5, 0.6) is 5.75 Å². The molecule has 0 amide bonds. The predicted molar refractivity (Wildman–Crippen MR) is 135 cm³/mol. The lowest BCUT2D eigenvalue weighted by Crippen LogP contribution is -2.48. The first kappa shape index (κ1) is 23.2. The number of para-hydroxylation sites is 1. The van der Waals surface area contributed by atoms with E-state index in [-0.39, 0.29) is 0 Å². The highest BCUT2D eigenvalue weighted by molar-refractivity contribution is 7.99. The van der Waals surface area contributed by atoms with Gasteiger partial charge in [-0.2, -0.15) is 0 Å². The average molecular weight is 453 g/mol. The molecule has 2 aliphatic heterocycles. The van der Waals surface area contributed by atoms with Crippen molar-refractivity contribution >= 4 is 17.4 Å². The van der Waals surface area contributed by atoms with Crippen LogP contribution in [-0.4, -0.2) is 56.7 Å². The second-order valence-corrected chi connectivity index (χ2v) is 9.96. The first-order valence-corrected chi connectivity index (χ1v) is 12.7. The van der Waals surface area contributed by atoms with Crippen LogP contribution in [0.4, 0.5) is 5.69 Å². The lowest BCUT2D eigenvalue weighted by molar-refractivity contribution is 0.0726. The molecule has 0 aromatic heterocycles. The third-order valence-electron chi connectivity index (χ3n) is 6.50. The van der Waals surface area contributed by atoms with Gasteiger partial charge in [0, 0.05) is 17.2 Å². The summed E-state index contributed by atoms with van der Waals surface area (Å²) in [6.07, 6.45) is 3.51. The van der Waals surface area contributed by atoms with Crippen molar-refractivity contribution in [3.05, 3.63) is 66.2 Å². The minimum Gasteiger partial charge on any atom is -0.497 e. The number of likely N-dealkylation sites (tertiary alicyclic amines) is 1. The Balaban J connectivity index is 1.57. The molecule has 2 heterocycles. The fraction of sp³-hybridized carbons (Fsp3) is 0.481. The van der Waals surface area contributed by atoms with E-state index in [0.29, 0.717) is 12.1 Å². The Labute approximate surface area is 197 Å². The molecule has 4 nitrogen and oxygen atoms in total. The second-order valence-electron chi connectivity index (χ2n) is 8.90. The first-order chi connectivity index (χ1) is 15.7. The van der Waals surface area contributed by atoms with Crippen LogP contribution in [0.2, 0.25) is 0 Å². The summed E-state index contributed by atoms with van der Waals surface area (Å²) in [6.45, 7) is 10.9. The van der Waals surface area contributed by atoms with Crippen LogP contribution in [0.15, 0.2) is 65.6 Å². The highest BCUT2D eigenvalue weighted by Gasteiger charge is 2.32. The summed E-state index contributed by atoms with van der Waals surface area (Å²) in [6, 6.07) is 18.2. The highest BCUT2D eigenvalue weighted by atomic mass is 32.2. The molecule has 2 unspecified atom stereocenters. The molecule has 0 radical (unpaired) electrons. The van der Waals surface area contributed by atoms with E-state index in [9.17, 15) is 0 Å². The third kappa shape index (κ3) is 5.69. The average Bonchev–Trinajstić information content (AvgIpc) is 3.36. The van der Waals surface area contributed by atoms with Gasteiger partial charge in [0.15, 0.2) is 0 Å². The summed E-state index contributed by atoms with van der Waals surface area (Å²) < 4.78 is 11.6. The quantitative estimate of drug-likeness (QED) is 0.335. The Bertz CT molecular complexity index is 879. The van der Waals surface area contributed by atoms with Gasteiger partial charge in [0.05, 0.1) is 38.1 Å². The molecule has 0 saturated carbocycles. The number of rotatable bonds is 10. The van der Waals surface area contributed by atoms with Gasteiger partial charge in [0.1, 0.15) is 5.75 Å². The summed E-state index contributed by atoms with van der Waals surface area (Å²) >= 11 is 1.96. The summed E-state index contributed by atoms with van der Waals surface area (Å²) in [4.78, 5) is 6.63. The maximum atomic E-state index is 6.17. The topological polar surface area (TPSA) is 24.9 Å². The van der Waals surface area contributed by atoms with Crippen LogP contribution in [-0.2, 0) is 4.74 Å². The third-order valence-corrected chi connectivity index (χ3v) is 7.63. The smallest absolute Gasteiger partial charge is 0.118 e. The van der Waals surface area contributed by atoms with Crippen molar-refractivity contribution < 1.29 is 9.47 Å². The molecule has 2 atom stereocenters. The van der Waals surface area contributed by atoms with Crippen molar-refractivity contribution in [1.29, 1.82) is 0 Å². The van der Waals surface area contributed by atoms with Crippen molar-refractivity contribution in [2.24, 2.45) is 0 Å². The van der Waals surface area contributed by atoms with Crippen molar-refractivity contribution in [3.8, 4) is 5.75 Å². The molecular weight excluding hydrogens is 416 g/mol. The van der Waals surface area contributed by atoms with E-state index in [4.69, 9.17) is 9.47 Å². The zero-order valence-electron chi connectivity index (χ0n) is 19.5. The van der Waals surface area contributed by atoms with E-state index in [2.05, 4.69) is 71.8 Å². The molecule has 1 fully saturated rings. The summed E-state index contributed by atoms with van der Waals surface area (Å²) in [5, 5.41) is 0. The molecule has 0 spiro atoms. The largest absolute Gasteiger partial charge is 0.497 e. The summed E-state index contributed by atoms with van der Waals surface area (Å²) in [7, 11) is 1.72. The Morgan fingerprint density at radius 1 is 1.12 bits per heavy atom. The van der Waals surface area contributed by atoms with Crippen LogP contribution in [0.1, 0.15) is 37.8 Å². The van der Waals surface area contributed by atoms with Gasteiger partial charge < -0.3 is 14.4 Å². The van der Waals surface area contributed by atoms with Gasteiger partial charge >= 0.3 is 0 Å². The molecule has 2 aromatic rings. The van der Waals surface area contributed by atoms with Crippen molar-refractivity contribution in [1.82, 2.24) is 4.90 Å². The van der Waals surface area contributed by atoms with Gasteiger partial charge in [-0.1, -0.05) is 29.8 Å². The monoisotopic (exact) mass is 452 g/mol. The van der Waals surface area contributed by atoms with Crippen LogP contribution in [0.3, 0.4) is 0 Å². The lowest BCUT2D eigenvalue weighted by Gasteiger charge is -2.42. The molecular formula is C27H36N2O2S. The number of thioether (sulfide) groups is 1. The Morgan fingerprint density at radius 2 is 1.88 bits per heavy atom. The minimum atomic E-state index is 0.335. The SMILES string of the molecule is C=C(C)CCOCC(CN1c2ccccc2SCC1c1ccc(OC)cc1)N1CCCC1. The summed E-state index contributed by atoms with van der Waals surface area (Å²) in [5.41, 5.74) is 3.87. The zero-order valence-corrected chi connectivity index (χ0v) is 20.3. The van der Waals surface area contributed by atoms with Crippen LogP contribution in [0.25, 0.3) is 0 Å². The number of hydrogen-bond acceptors (Lipinski definition) is 5. The van der Waals surface area contributed by atoms with E-state index in [1.54, 1.807) is 7.11 Å². The fourth-order valence-corrected chi connectivity index (χ4v) is 5.86. The number of ether oxygens (including phenoxy) is 2. The van der Waals surface area contributed by atoms with Crippen LogP contribution in [0, 0.1) is 0 Å². The number of nitrogens with zero attached hydrogens (tertiary/aromatic N) is 2. The van der Waals surface area contributed by atoms with Gasteiger partial charge in [-0.05, 0) is 69.1 Å². The maximum Gasteiger partial charge on any atom is 0.118 e. The fourth-order valence-electron chi connectivity index (χ4n) is 4.64. The highest BCUT2D eigenvalue weighted by Crippen LogP contribution is 2.43. The normalized spacial score (nSPS) is 19.6. The number of hydrogen-bond donors (Lipinski definition) is 0. The molecule has 5 heteroatoms. The number of methoxy groups -OCH3 is 1. The van der Waals surface area contributed by atoms with Gasteiger partial charge in [-0.3, -0.25) is 4.90 Å². The van der Waals surface area contributed by atoms with E-state index >= 15 is 0 Å². The van der Waals surface area contributed by atoms with E-state index in [1.807, 2.05) is 11.8 Å². The Hall–Kier alpha value is -1.95. The van der Waals surface area contributed by atoms with Crippen molar-refractivity contribution in [3.63, 3.8) is 0 Å². The molecule has 32 heavy (non-hydrogen) atoms. The van der Waals surface area contributed by atoms with Gasteiger partial charge in [-0.25, -0.2) is 0 Å². The predicted octanol–water partition coefficient (Wildman–Crippen LogP) is 5.80. The minimum absolute atomic E-state index is 0.335. The van der Waals surface area contributed by atoms with Crippen LogP contribution < -0.4 is 9.64 Å². The van der Waals surface area contributed by atoms with E-state index in [1.165, 1.54) is 47.7 Å². The van der Waals surface area contributed by atoms with Gasteiger partial charge in [0.2, 0.25) is 0 Å². The Kier molecular flexibility index (Phi) is 8.17. The molecule has 0 aliphatic carbocycles. The van der Waals surface area contributed by atoms with Gasteiger partial charge in [-0.15, -0.1) is 18.3 Å². The molecule has 0 N–H and O–H groups in total. The zero-order chi connectivity index (χ0) is 22.3. The maximum absolute atomic E-state index is 6.17. The van der Waals surface area contributed by atoms with Gasteiger partial charge in [0.25, 0.3) is 0 Å².